The topological polar surface area (TPSA) is 20.2 Å². The monoisotopic (exact) mass is 571 g/mol. The first-order valence-electron chi connectivity index (χ1n) is 12.1. The molecule has 0 aromatic heterocycles. The van der Waals surface area contributed by atoms with Crippen LogP contribution in [-0.2, 0) is 26.4 Å². The predicted octanol–water partition coefficient (Wildman–Crippen LogP) is 1.88. The van der Waals surface area contributed by atoms with E-state index in [1.165, 1.54) is 37.2 Å². The average molecular weight is 572 g/mol. The molecule has 0 unspecified atom stereocenters. The van der Waals surface area contributed by atoms with Crippen molar-refractivity contribution in [1.82, 2.24) is 0 Å². The van der Waals surface area contributed by atoms with E-state index >= 15 is 0 Å². The first kappa shape index (κ1) is 31.3. The van der Waals surface area contributed by atoms with Crippen LogP contribution in [0.5, 0.6) is 5.75 Å². The standard InChI is InChI=1S/C13H9.C13H10.C8H10O.2ClH.Ti/c1-3-7-12-10(5-1)9-11-6-2-4-8-13(11)12;1-3-7-12(8-4-1)11-13-9-5-2-6-10-13;1-6-3-7(2)5-8(9)4-6;;;/h1-5,7-8H,9H2;1-10H;3-5,9H,1-2H3;2*1H;/q-1;;;;;+1/p-2. The molecule has 0 aliphatic heterocycles. The van der Waals surface area contributed by atoms with Crippen LogP contribution in [0.4, 0.5) is 0 Å². The molecule has 0 atom stereocenters. The van der Waals surface area contributed by atoms with Gasteiger partial charge in [0, 0.05) is 0 Å². The summed E-state index contributed by atoms with van der Waals surface area (Å²) in [6.45, 7) is 3.93. The van der Waals surface area contributed by atoms with Gasteiger partial charge in [-0.1, -0.05) is 41.5 Å². The summed E-state index contributed by atoms with van der Waals surface area (Å²) in [5, 5.41) is 8.99. The van der Waals surface area contributed by atoms with Gasteiger partial charge in [0.05, 0.1) is 0 Å². The number of rotatable bonds is 2. The molecule has 5 aromatic carbocycles. The maximum atomic E-state index is 8.99. The third kappa shape index (κ3) is 8.55. The number of halogens is 2. The Kier molecular flexibility index (Phi) is 12.7. The molecule has 1 nitrogen and oxygen atoms in total. The van der Waals surface area contributed by atoms with Gasteiger partial charge in [-0.05, 0) is 43.5 Å². The first-order chi connectivity index (χ1) is 17.5. The zero-order valence-corrected chi connectivity index (χ0v) is 24.5. The van der Waals surface area contributed by atoms with Gasteiger partial charge in [-0.15, -0.1) is 5.56 Å². The Balaban J connectivity index is 0.000000200. The van der Waals surface area contributed by atoms with E-state index in [1.807, 2.05) is 38.1 Å². The van der Waals surface area contributed by atoms with Gasteiger partial charge in [-0.25, -0.2) is 0 Å². The molecule has 0 heterocycles. The molecule has 0 saturated heterocycles. The normalized spacial score (nSPS) is 10.1. The Bertz CT molecular complexity index is 1310. The molecular formula is C34H29Cl2OTi-2. The summed E-state index contributed by atoms with van der Waals surface area (Å²) >= 11 is 2.16. The van der Waals surface area contributed by atoms with Crippen molar-refractivity contribution >= 4 is 3.81 Å². The van der Waals surface area contributed by atoms with Crippen LogP contribution in [0.25, 0.3) is 11.1 Å². The number of phenols is 1. The van der Waals surface area contributed by atoms with E-state index in [0.29, 0.717) is 5.75 Å². The van der Waals surface area contributed by atoms with Crippen LogP contribution in [0.1, 0.15) is 33.4 Å². The summed E-state index contributed by atoms with van der Waals surface area (Å²) in [6.07, 6.45) is 1.05. The zero-order chi connectivity index (χ0) is 25.3. The number of hydrogen-bond acceptors (Lipinski definition) is 1. The fourth-order valence-electron chi connectivity index (χ4n) is 4.32. The van der Waals surface area contributed by atoms with Gasteiger partial charge in [-0.2, -0.15) is 29.8 Å². The molecule has 5 aromatic rings. The summed E-state index contributed by atoms with van der Waals surface area (Å²) in [7, 11) is 0. The van der Waals surface area contributed by atoms with E-state index in [-0.39, 0.29) is 24.8 Å². The second-order valence-corrected chi connectivity index (χ2v) is 9.63. The molecule has 4 heteroatoms. The molecule has 0 amide bonds. The summed E-state index contributed by atoms with van der Waals surface area (Å²) in [4.78, 5) is 0. The van der Waals surface area contributed by atoms with Crippen molar-refractivity contribution in [2.75, 3.05) is 0 Å². The summed E-state index contributed by atoms with van der Waals surface area (Å²) in [5.74, 6) is 0.354. The first-order valence-corrected chi connectivity index (χ1v) is 12.8. The Morgan fingerprint density at radius 2 is 1.16 bits per heavy atom. The van der Waals surface area contributed by atoms with Crippen molar-refractivity contribution in [3.05, 3.63) is 161 Å². The van der Waals surface area contributed by atoms with E-state index in [1.54, 1.807) is 12.1 Å². The van der Waals surface area contributed by atoms with Gasteiger partial charge in [0.1, 0.15) is 5.75 Å². The number of aromatic hydroxyl groups is 1. The second kappa shape index (κ2) is 15.5. The Hall–Kier alpha value is -2.94. The number of hydrogen-bond donors (Lipinski definition) is 1. The van der Waals surface area contributed by atoms with Crippen LogP contribution in [0.2, 0.25) is 0 Å². The Morgan fingerprint density at radius 1 is 0.658 bits per heavy atom. The van der Waals surface area contributed by atoms with E-state index < -0.39 is 0 Å². The molecule has 1 N–H and O–H groups in total. The fourth-order valence-corrected chi connectivity index (χ4v) is 4.85. The van der Waals surface area contributed by atoms with E-state index in [4.69, 9.17) is 5.11 Å². The van der Waals surface area contributed by atoms with E-state index in [0.717, 1.165) is 17.5 Å². The molecule has 191 valence electrons. The number of phenolic OH excluding ortho intramolecular Hbond substituents is 1. The molecule has 0 spiro atoms. The molecule has 0 fully saturated rings. The van der Waals surface area contributed by atoms with Gasteiger partial charge in [0.25, 0.3) is 0 Å². The Labute approximate surface area is 250 Å². The minimum atomic E-state index is 0. The predicted molar refractivity (Wildman–Crippen MR) is 147 cm³/mol. The molecule has 0 saturated carbocycles. The van der Waals surface area contributed by atoms with Crippen LogP contribution in [0, 0.1) is 19.9 Å². The summed E-state index contributed by atoms with van der Waals surface area (Å²) in [5.41, 5.74) is 10.3. The van der Waals surface area contributed by atoms with Crippen molar-refractivity contribution in [2.45, 2.75) is 20.3 Å². The van der Waals surface area contributed by atoms with Gasteiger partial charge < -0.3 is 29.9 Å². The van der Waals surface area contributed by atoms with Crippen LogP contribution >= 0.6 is 0 Å². The van der Waals surface area contributed by atoms with Crippen molar-refractivity contribution in [3.63, 3.8) is 0 Å². The van der Waals surface area contributed by atoms with Crippen LogP contribution < -0.4 is 24.8 Å². The SMILES string of the molecule is Cc1cc(C)cc(O)c1.[Cl-].[Cl-].[Ti+]=[C](c1ccccc1)c1ccccc1.[c-]1cccc2c1Cc1ccccc1-2. The van der Waals surface area contributed by atoms with Crippen molar-refractivity contribution in [2.24, 2.45) is 0 Å². The number of aryl methyl sites for hydroxylation is 2. The molecular weight excluding hydrogens is 543 g/mol. The number of benzene rings is 5. The molecule has 1 aliphatic rings. The van der Waals surface area contributed by atoms with Crippen LogP contribution in [0.15, 0.2) is 121 Å². The fraction of sp³-hybridized carbons (Fsp3) is 0.0882. The van der Waals surface area contributed by atoms with Gasteiger partial charge in [-0.3, -0.25) is 0 Å². The largest absolute Gasteiger partial charge is 0.179 e. The van der Waals surface area contributed by atoms with Crippen molar-refractivity contribution < 1.29 is 49.9 Å². The second-order valence-electron chi connectivity index (χ2n) is 8.85. The van der Waals surface area contributed by atoms with E-state index in [9.17, 15) is 0 Å². The summed E-state index contributed by atoms with van der Waals surface area (Å²) in [6, 6.07) is 44.6. The van der Waals surface area contributed by atoms with Crippen molar-refractivity contribution in [1.29, 1.82) is 0 Å². The molecule has 38 heavy (non-hydrogen) atoms. The van der Waals surface area contributed by atoms with Gasteiger partial charge >= 0.3 is 95.6 Å². The third-order valence-electron chi connectivity index (χ3n) is 5.95. The average Bonchev–Trinajstić information content (AvgIpc) is 3.28. The quantitative estimate of drug-likeness (QED) is 0.249. The van der Waals surface area contributed by atoms with Crippen molar-refractivity contribution in [3.8, 4) is 16.9 Å². The molecule has 0 radical (unpaired) electrons. The van der Waals surface area contributed by atoms with Crippen LogP contribution in [0.3, 0.4) is 0 Å². The minimum absolute atomic E-state index is 0. The molecule has 0 bridgehead atoms. The van der Waals surface area contributed by atoms with Crippen LogP contribution in [-0.4, -0.2) is 8.92 Å². The zero-order valence-electron chi connectivity index (χ0n) is 21.5. The Morgan fingerprint density at radius 3 is 1.71 bits per heavy atom. The van der Waals surface area contributed by atoms with Gasteiger partial charge in [0.2, 0.25) is 0 Å². The smallest absolute Gasteiger partial charge is 0.0253 e. The molecule has 1 aliphatic carbocycles. The third-order valence-corrected chi connectivity index (χ3v) is 6.85. The minimum Gasteiger partial charge on any atom is -0.179 e. The molecule has 6 rings (SSSR count). The number of fused-ring (bicyclic) bond motifs is 3. The summed E-state index contributed by atoms with van der Waals surface area (Å²) < 4.78 is 1.33. The maximum absolute atomic E-state index is 8.99. The van der Waals surface area contributed by atoms with E-state index in [2.05, 4.69) is 111 Å². The van der Waals surface area contributed by atoms with Gasteiger partial charge in [0.15, 0.2) is 0 Å². The maximum Gasteiger partial charge on any atom is -0.0253 e.